The molecule has 2 aromatic rings. The van der Waals surface area contributed by atoms with Crippen LogP contribution in [-0.2, 0) is 27.7 Å². The molecule has 1 aliphatic rings. The van der Waals surface area contributed by atoms with E-state index in [9.17, 15) is 13.2 Å². The molecule has 0 spiro atoms. The van der Waals surface area contributed by atoms with E-state index in [2.05, 4.69) is 15.6 Å². The van der Waals surface area contributed by atoms with Gasteiger partial charge in [0.1, 0.15) is 0 Å². The van der Waals surface area contributed by atoms with Crippen LogP contribution >= 0.6 is 0 Å². The van der Waals surface area contributed by atoms with Crippen molar-refractivity contribution in [1.29, 1.82) is 0 Å². The summed E-state index contributed by atoms with van der Waals surface area (Å²) in [5, 5.41) is 6.52. The Hall–Kier alpha value is -2.87. The zero-order chi connectivity index (χ0) is 22.4. The van der Waals surface area contributed by atoms with Gasteiger partial charge in [-0.05, 0) is 54.7 Å². The summed E-state index contributed by atoms with van der Waals surface area (Å²) >= 11 is 0. The van der Waals surface area contributed by atoms with Gasteiger partial charge < -0.3 is 15.5 Å². The van der Waals surface area contributed by atoms with E-state index in [0.717, 1.165) is 41.8 Å². The van der Waals surface area contributed by atoms with Crippen LogP contribution in [0.1, 0.15) is 36.0 Å². The van der Waals surface area contributed by atoms with Crippen molar-refractivity contribution in [2.45, 2.75) is 44.2 Å². The molecule has 0 bridgehead atoms. The van der Waals surface area contributed by atoms with Crippen LogP contribution in [-0.4, -0.2) is 40.1 Å². The van der Waals surface area contributed by atoms with E-state index in [1.165, 1.54) is 6.26 Å². The van der Waals surface area contributed by atoms with Gasteiger partial charge in [0.05, 0.1) is 4.90 Å². The van der Waals surface area contributed by atoms with Crippen LogP contribution in [0.25, 0.3) is 0 Å². The van der Waals surface area contributed by atoms with Crippen molar-refractivity contribution in [3.05, 3.63) is 59.2 Å². The number of hydrogen-bond donors (Lipinski definition) is 2. The summed E-state index contributed by atoms with van der Waals surface area (Å²) < 4.78 is 23.5. The van der Waals surface area contributed by atoms with Crippen molar-refractivity contribution in [2.75, 3.05) is 24.7 Å². The summed E-state index contributed by atoms with van der Waals surface area (Å²) in [5.74, 6) is 0.849. The number of hydrogen-bond acceptors (Lipinski definition) is 4. The molecule has 0 saturated carbocycles. The number of nitrogens with zero attached hydrogens (tertiary/aromatic N) is 2. The number of rotatable bonds is 6. The number of anilines is 1. The lowest BCUT2D eigenvalue weighted by atomic mass is 10.1. The third-order valence-electron chi connectivity index (χ3n) is 5.35. The average molecular weight is 443 g/mol. The first kappa shape index (κ1) is 22.8. The number of aliphatic imine (C=N–C) groups is 1. The van der Waals surface area contributed by atoms with Crippen molar-refractivity contribution in [1.82, 2.24) is 10.6 Å². The maximum absolute atomic E-state index is 12.1. The Morgan fingerprint density at radius 3 is 2.26 bits per heavy atom. The number of carbonyl (C=O) groups is 1. The highest BCUT2D eigenvalue weighted by Crippen LogP contribution is 2.21. The fourth-order valence-corrected chi connectivity index (χ4v) is 4.66. The highest BCUT2D eigenvalue weighted by molar-refractivity contribution is 7.90. The number of benzene rings is 2. The second-order valence-corrected chi connectivity index (χ2v) is 9.80. The number of aryl methyl sites for hydroxylation is 1. The van der Waals surface area contributed by atoms with Crippen molar-refractivity contribution in [3.8, 4) is 0 Å². The lowest BCUT2D eigenvalue weighted by Gasteiger charge is -2.26. The predicted molar refractivity (Wildman–Crippen MR) is 124 cm³/mol. The first-order chi connectivity index (χ1) is 14.8. The Morgan fingerprint density at radius 2 is 1.68 bits per heavy atom. The SMILES string of the molecule is CN=C(NCc1ccc(N2CCCCC2=O)cc1)NCc1ccc(S(C)(=O)=O)c(C)c1. The van der Waals surface area contributed by atoms with E-state index in [0.29, 0.717) is 30.4 Å². The quantitative estimate of drug-likeness (QED) is 0.530. The number of piperidine rings is 1. The fraction of sp³-hybridized carbons (Fsp3) is 0.391. The van der Waals surface area contributed by atoms with Crippen LogP contribution in [0.5, 0.6) is 0 Å². The van der Waals surface area contributed by atoms with Gasteiger partial charge in [0, 0.05) is 45.0 Å². The molecule has 1 heterocycles. The van der Waals surface area contributed by atoms with E-state index in [-0.39, 0.29) is 5.91 Å². The molecule has 2 N–H and O–H groups in total. The summed E-state index contributed by atoms with van der Waals surface area (Å²) in [6.45, 7) is 3.71. The van der Waals surface area contributed by atoms with E-state index < -0.39 is 9.84 Å². The molecule has 1 amide bonds. The Kier molecular flexibility index (Phi) is 7.33. The summed E-state index contributed by atoms with van der Waals surface area (Å²) in [5.41, 5.74) is 3.74. The Bertz CT molecular complexity index is 1060. The summed E-state index contributed by atoms with van der Waals surface area (Å²) in [4.78, 5) is 18.5. The zero-order valence-corrected chi connectivity index (χ0v) is 19.1. The van der Waals surface area contributed by atoms with Gasteiger partial charge in [-0.15, -0.1) is 0 Å². The predicted octanol–water partition coefficient (Wildman–Crippen LogP) is 2.78. The number of sulfone groups is 1. The van der Waals surface area contributed by atoms with E-state index in [4.69, 9.17) is 0 Å². The van der Waals surface area contributed by atoms with E-state index in [1.807, 2.05) is 41.3 Å². The number of guanidine groups is 1. The van der Waals surface area contributed by atoms with E-state index in [1.54, 1.807) is 20.0 Å². The lowest BCUT2D eigenvalue weighted by molar-refractivity contribution is -0.119. The van der Waals surface area contributed by atoms with Gasteiger partial charge in [0.2, 0.25) is 5.91 Å². The molecule has 0 aromatic heterocycles. The summed E-state index contributed by atoms with van der Waals surface area (Å²) in [6, 6.07) is 13.3. The highest BCUT2D eigenvalue weighted by Gasteiger charge is 2.19. The highest BCUT2D eigenvalue weighted by atomic mass is 32.2. The van der Waals surface area contributed by atoms with Crippen LogP contribution in [0.4, 0.5) is 5.69 Å². The van der Waals surface area contributed by atoms with Crippen LogP contribution < -0.4 is 15.5 Å². The van der Waals surface area contributed by atoms with E-state index >= 15 is 0 Å². The number of carbonyl (C=O) groups excluding carboxylic acids is 1. The third-order valence-corrected chi connectivity index (χ3v) is 6.61. The fourth-order valence-electron chi connectivity index (χ4n) is 3.70. The molecular weight excluding hydrogens is 412 g/mol. The molecule has 1 aliphatic heterocycles. The van der Waals surface area contributed by atoms with Crippen molar-refractivity contribution in [2.24, 2.45) is 4.99 Å². The van der Waals surface area contributed by atoms with Gasteiger partial charge in [-0.2, -0.15) is 0 Å². The van der Waals surface area contributed by atoms with Crippen molar-refractivity contribution in [3.63, 3.8) is 0 Å². The van der Waals surface area contributed by atoms with Crippen LogP contribution in [0.3, 0.4) is 0 Å². The minimum Gasteiger partial charge on any atom is -0.352 e. The molecule has 2 aromatic carbocycles. The maximum atomic E-state index is 12.1. The monoisotopic (exact) mass is 442 g/mol. The molecule has 0 radical (unpaired) electrons. The minimum absolute atomic E-state index is 0.196. The smallest absolute Gasteiger partial charge is 0.226 e. The molecule has 3 rings (SSSR count). The third kappa shape index (κ3) is 6.07. The molecule has 1 saturated heterocycles. The van der Waals surface area contributed by atoms with Gasteiger partial charge in [-0.3, -0.25) is 9.79 Å². The number of amides is 1. The minimum atomic E-state index is -3.22. The second-order valence-electron chi connectivity index (χ2n) is 7.82. The molecule has 0 aliphatic carbocycles. The van der Waals surface area contributed by atoms with Gasteiger partial charge in [0.25, 0.3) is 0 Å². The number of nitrogens with one attached hydrogen (secondary N) is 2. The van der Waals surface area contributed by atoms with Crippen LogP contribution in [0.15, 0.2) is 52.4 Å². The zero-order valence-electron chi connectivity index (χ0n) is 18.3. The maximum Gasteiger partial charge on any atom is 0.226 e. The van der Waals surface area contributed by atoms with Gasteiger partial charge >= 0.3 is 0 Å². The molecule has 0 atom stereocenters. The first-order valence-corrected chi connectivity index (χ1v) is 12.3. The molecule has 8 heteroatoms. The lowest BCUT2D eigenvalue weighted by Crippen LogP contribution is -2.36. The van der Waals surface area contributed by atoms with Crippen molar-refractivity contribution < 1.29 is 13.2 Å². The molecule has 1 fully saturated rings. The van der Waals surface area contributed by atoms with Crippen LogP contribution in [0, 0.1) is 6.92 Å². The topological polar surface area (TPSA) is 90.9 Å². The molecule has 7 nitrogen and oxygen atoms in total. The average Bonchev–Trinajstić information content (AvgIpc) is 2.74. The summed E-state index contributed by atoms with van der Waals surface area (Å²) in [7, 11) is -1.51. The standard InChI is InChI=1S/C23H30N4O3S/c1-17-14-19(9-12-21(17)31(3,29)30)16-26-23(24-2)25-15-18-7-10-20(11-8-18)27-13-5-4-6-22(27)28/h7-12,14H,4-6,13,15-16H2,1-3H3,(H2,24,25,26). The molecular formula is C23H30N4O3S. The van der Waals surface area contributed by atoms with Crippen LogP contribution in [0.2, 0.25) is 0 Å². The van der Waals surface area contributed by atoms with Crippen molar-refractivity contribution >= 4 is 27.4 Å². The largest absolute Gasteiger partial charge is 0.352 e. The van der Waals surface area contributed by atoms with Gasteiger partial charge in [-0.25, -0.2) is 8.42 Å². The Labute approximate surface area is 184 Å². The summed E-state index contributed by atoms with van der Waals surface area (Å²) in [6.07, 6.45) is 3.87. The van der Waals surface area contributed by atoms with Gasteiger partial charge in [0.15, 0.2) is 15.8 Å². The molecule has 166 valence electrons. The van der Waals surface area contributed by atoms with Gasteiger partial charge in [-0.1, -0.05) is 24.3 Å². The Morgan fingerprint density at radius 1 is 1.03 bits per heavy atom. The normalized spacial score (nSPS) is 15.1. The Balaban J connectivity index is 1.54. The first-order valence-electron chi connectivity index (χ1n) is 10.4. The molecule has 0 unspecified atom stereocenters. The second kappa shape index (κ2) is 9.96. The molecule has 31 heavy (non-hydrogen) atoms.